The van der Waals surface area contributed by atoms with Crippen molar-refractivity contribution >= 4 is 5.91 Å². The number of carbonyl (C=O) groups excluding carboxylic acids is 1. The number of primary amides is 1. The summed E-state index contributed by atoms with van der Waals surface area (Å²) in [6.07, 6.45) is 9.35. The van der Waals surface area contributed by atoms with E-state index in [1.54, 1.807) is 12.2 Å². The quantitative estimate of drug-likeness (QED) is 0.847. The number of nitrogens with two attached hydrogens (primary N) is 1. The molecule has 0 saturated heterocycles. The molecule has 1 aliphatic carbocycles. The number of hydrogen-bond donors (Lipinski definition) is 1. The minimum absolute atomic E-state index is 0.0235. The van der Waals surface area contributed by atoms with E-state index in [1.165, 1.54) is 18.3 Å². The van der Waals surface area contributed by atoms with Gasteiger partial charge in [0.1, 0.15) is 5.69 Å². The highest BCUT2D eigenvalue weighted by Gasteiger charge is 2.15. The molecular formula is C17H15FN2O. The fourth-order valence-corrected chi connectivity index (χ4v) is 2.00. The third-order valence-corrected chi connectivity index (χ3v) is 3.16. The first-order chi connectivity index (χ1) is 10.1. The Kier molecular flexibility index (Phi) is 4.68. The molecule has 1 unspecified atom stereocenters. The van der Waals surface area contributed by atoms with Crippen LogP contribution in [-0.4, -0.2) is 10.9 Å². The summed E-state index contributed by atoms with van der Waals surface area (Å²) in [5, 5.41) is 0. The summed E-state index contributed by atoms with van der Waals surface area (Å²) in [6.45, 7) is 1.98. The normalized spacial score (nSPS) is 17.1. The molecule has 1 heterocycles. The number of carbonyl (C=O) groups is 1. The summed E-state index contributed by atoms with van der Waals surface area (Å²) in [4.78, 5) is 15.3. The van der Waals surface area contributed by atoms with Crippen LogP contribution in [0.25, 0.3) is 0 Å². The van der Waals surface area contributed by atoms with Gasteiger partial charge in [-0.25, -0.2) is 9.37 Å². The number of nitrogens with zero attached hydrogens (tertiary/aromatic N) is 1. The zero-order valence-electron chi connectivity index (χ0n) is 11.6. The van der Waals surface area contributed by atoms with Crippen LogP contribution in [0, 0.1) is 23.6 Å². The molecule has 0 bridgehead atoms. The molecule has 0 radical (unpaired) electrons. The van der Waals surface area contributed by atoms with E-state index in [1.807, 2.05) is 19.1 Å². The number of halogens is 1. The third-order valence-electron chi connectivity index (χ3n) is 3.16. The molecule has 1 aromatic heterocycles. The van der Waals surface area contributed by atoms with Gasteiger partial charge in [0.25, 0.3) is 0 Å². The van der Waals surface area contributed by atoms with Gasteiger partial charge in [0.05, 0.1) is 0 Å². The van der Waals surface area contributed by atoms with Crippen molar-refractivity contribution in [2.24, 2.45) is 11.7 Å². The van der Waals surface area contributed by atoms with Gasteiger partial charge in [-0.3, -0.25) is 4.79 Å². The lowest BCUT2D eigenvalue weighted by Gasteiger charge is -2.09. The fourth-order valence-electron chi connectivity index (χ4n) is 2.00. The monoisotopic (exact) mass is 282 g/mol. The number of aromatic nitrogens is 1. The second-order valence-electron chi connectivity index (χ2n) is 4.57. The van der Waals surface area contributed by atoms with Gasteiger partial charge in [-0.2, -0.15) is 0 Å². The molecule has 1 aliphatic rings. The van der Waals surface area contributed by atoms with Gasteiger partial charge in [0.15, 0.2) is 5.82 Å². The van der Waals surface area contributed by atoms with Crippen LogP contribution in [0.1, 0.15) is 19.0 Å². The highest BCUT2D eigenvalue weighted by Crippen LogP contribution is 2.20. The van der Waals surface area contributed by atoms with Crippen LogP contribution in [0.2, 0.25) is 0 Å². The summed E-state index contributed by atoms with van der Waals surface area (Å²) in [5.74, 6) is 4.62. The minimum Gasteiger partial charge on any atom is -0.366 e. The van der Waals surface area contributed by atoms with E-state index < -0.39 is 11.7 Å². The van der Waals surface area contributed by atoms with Crippen molar-refractivity contribution in [1.82, 2.24) is 4.98 Å². The molecule has 2 rings (SSSR count). The van der Waals surface area contributed by atoms with Gasteiger partial charge in [0.2, 0.25) is 5.91 Å². The standard InChI is InChI=1S/C17H15FN2O/c1-2-13-8-5-12(6-9-14(13)17(19)21)7-10-16-15(18)4-3-11-20-16/h3-6,8-9,11,13H,2H2,1H3,(H2,19,21). The summed E-state index contributed by atoms with van der Waals surface area (Å²) in [5.41, 5.74) is 6.69. The fraction of sp³-hybridized carbons (Fsp3) is 0.176. The SMILES string of the molecule is CCC1C=CC(C#Cc2ncccc2F)=CC=C1C(N)=O. The molecule has 3 nitrogen and oxygen atoms in total. The summed E-state index contributed by atoms with van der Waals surface area (Å²) in [6, 6.07) is 2.82. The maximum atomic E-state index is 13.4. The van der Waals surface area contributed by atoms with Gasteiger partial charge in [-0.1, -0.05) is 25.0 Å². The molecular weight excluding hydrogens is 267 g/mol. The Balaban J connectivity index is 2.31. The number of amides is 1. The molecule has 0 aliphatic heterocycles. The molecule has 0 saturated carbocycles. The molecule has 0 fully saturated rings. The lowest BCUT2D eigenvalue weighted by Crippen LogP contribution is -2.19. The first kappa shape index (κ1) is 14.7. The zero-order valence-corrected chi connectivity index (χ0v) is 11.6. The highest BCUT2D eigenvalue weighted by atomic mass is 19.1. The second-order valence-corrected chi connectivity index (χ2v) is 4.57. The lowest BCUT2D eigenvalue weighted by atomic mass is 9.96. The molecule has 4 heteroatoms. The predicted molar refractivity (Wildman–Crippen MR) is 79.4 cm³/mol. The van der Waals surface area contributed by atoms with Gasteiger partial charge in [-0.15, -0.1) is 0 Å². The van der Waals surface area contributed by atoms with Crippen molar-refractivity contribution in [2.45, 2.75) is 13.3 Å². The van der Waals surface area contributed by atoms with E-state index in [0.29, 0.717) is 11.1 Å². The maximum absolute atomic E-state index is 13.4. The molecule has 0 aromatic carbocycles. The van der Waals surface area contributed by atoms with E-state index >= 15 is 0 Å². The van der Waals surface area contributed by atoms with Crippen molar-refractivity contribution in [3.63, 3.8) is 0 Å². The highest BCUT2D eigenvalue weighted by molar-refractivity contribution is 5.93. The Bertz CT molecular complexity index is 705. The smallest absolute Gasteiger partial charge is 0.245 e. The Hall–Kier alpha value is -2.67. The second kappa shape index (κ2) is 6.67. The molecule has 106 valence electrons. The molecule has 21 heavy (non-hydrogen) atoms. The van der Waals surface area contributed by atoms with Crippen molar-refractivity contribution in [3.05, 3.63) is 65.3 Å². The molecule has 0 spiro atoms. The van der Waals surface area contributed by atoms with Gasteiger partial charge in [-0.05, 0) is 36.6 Å². The topological polar surface area (TPSA) is 56.0 Å². The van der Waals surface area contributed by atoms with Crippen molar-refractivity contribution < 1.29 is 9.18 Å². The van der Waals surface area contributed by atoms with E-state index in [9.17, 15) is 9.18 Å². The maximum Gasteiger partial charge on any atom is 0.245 e. The van der Waals surface area contributed by atoms with Crippen LogP contribution in [0.3, 0.4) is 0 Å². The molecule has 2 N–H and O–H groups in total. The Morgan fingerprint density at radius 3 is 2.90 bits per heavy atom. The van der Waals surface area contributed by atoms with E-state index in [4.69, 9.17) is 5.73 Å². The van der Waals surface area contributed by atoms with Crippen LogP contribution in [0.5, 0.6) is 0 Å². The third kappa shape index (κ3) is 3.67. The number of hydrogen-bond acceptors (Lipinski definition) is 2. The number of allylic oxidation sites excluding steroid dienone is 5. The number of pyridine rings is 1. The predicted octanol–water partition coefficient (Wildman–Crippen LogP) is 2.51. The Morgan fingerprint density at radius 1 is 1.43 bits per heavy atom. The van der Waals surface area contributed by atoms with Crippen LogP contribution < -0.4 is 5.73 Å². The van der Waals surface area contributed by atoms with Gasteiger partial charge >= 0.3 is 0 Å². The first-order valence-corrected chi connectivity index (χ1v) is 6.64. The summed E-state index contributed by atoms with van der Waals surface area (Å²) < 4.78 is 13.4. The lowest BCUT2D eigenvalue weighted by molar-refractivity contribution is -0.114. The number of rotatable bonds is 2. The largest absolute Gasteiger partial charge is 0.366 e. The Labute approximate surface area is 123 Å². The van der Waals surface area contributed by atoms with Crippen LogP contribution in [0.15, 0.2) is 53.8 Å². The van der Waals surface area contributed by atoms with Crippen molar-refractivity contribution in [1.29, 1.82) is 0 Å². The molecule has 1 amide bonds. The van der Waals surface area contributed by atoms with E-state index in [-0.39, 0.29) is 11.6 Å². The van der Waals surface area contributed by atoms with Crippen LogP contribution in [-0.2, 0) is 4.79 Å². The van der Waals surface area contributed by atoms with Crippen LogP contribution in [0.4, 0.5) is 4.39 Å². The zero-order chi connectivity index (χ0) is 15.2. The summed E-state index contributed by atoms with van der Waals surface area (Å²) >= 11 is 0. The van der Waals surface area contributed by atoms with Crippen molar-refractivity contribution in [2.75, 3.05) is 0 Å². The van der Waals surface area contributed by atoms with Gasteiger partial charge in [0, 0.05) is 23.3 Å². The summed E-state index contributed by atoms with van der Waals surface area (Å²) in [7, 11) is 0. The average molecular weight is 282 g/mol. The van der Waals surface area contributed by atoms with E-state index in [0.717, 1.165) is 6.42 Å². The van der Waals surface area contributed by atoms with Gasteiger partial charge < -0.3 is 5.73 Å². The minimum atomic E-state index is -0.456. The van der Waals surface area contributed by atoms with E-state index in [2.05, 4.69) is 16.8 Å². The first-order valence-electron chi connectivity index (χ1n) is 6.64. The molecule has 1 aromatic rings. The van der Waals surface area contributed by atoms with Crippen LogP contribution >= 0.6 is 0 Å². The molecule has 1 atom stereocenters. The van der Waals surface area contributed by atoms with Crippen molar-refractivity contribution in [3.8, 4) is 11.8 Å². The average Bonchev–Trinajstić information content (AvgIpc) is 2.68. The Morgan fingerprint density at radius 2 is 2.24 bits per heavy atom.